The molecule has 0 bridgehead atoms. The fraction of sp³-hybridized carbons (Fsp3) is 0.538. The molecule has 2 rings (SSSR count). The zero-order valence-electron chi connectivity index (χ0n) is 9.66. The summed E-state index contributed by atoms with van der Waals surface area (Å²) < 4.78 is 5.70. The van der Waals surface area contributed by atoms with Crippen LogP contribution in [0.1, 0.15) is 37.3 Å². The van der Waals surface area contributed by atoms with E-state index in [0.717, 1.165) is 12.2 Å². The van der Waals surface area contributed by atoms with Gasteiger partial charge in [0.05, 0.1) is 6.10 Å². The van der Waals surface area contributed by atoms with Gasteiger partial charge in [0, 0.05) is 12.0 Å². The van der Waals surface area contributed by atoms with Gasteiger partial charge >= 0.3 is 0 Å². The second kappa shape index (κ2) is 3.86. The first kappa shape index (κ1) is 10.5. The van der Waals surface area contributed by atoms with Crippen LogP contribution in [0.3, 0.4) is 0 Å². The van der Waals surface area contributed by atoms with Gasteiger partial charge in [-0.3, -0.25) is 0 Å². The highest BCUT2D eigenvalue weighted by Gasteiger charge is 2.34. The van der Waals surface area contributed by atoms with Crippen molar-refractivity contribution in [3.63, 3.8) is 0 Å². The fourth-order valence-electron chi connectivity index (χ4n) is 1.89. The minimum Gasteiger partial charge on any atom is -0.491 e. The molecule has 2 N–H and O–H groups in total. The molecule has 1 aromatic carbocycles. The summed E-state index contributed by atoms with van der Waals surface area (Å²) in [4.78, 5) is 0. The maximum atomic E-state index is 5.84. The number of rotatable bonds is 3. The van der Waals surface area contributed by atoms with E-state index in [1.165, 1.54) is 11.1 Å². The van der Waals surface area contributed by atoms with Crippen molar-refractivity contribution >= 4 is 0 Å². The van der Waals surface area contributed by atoms with Crippen molar-refractivity contribution in [3.8, 4) is 5.75 Å². The van der Waals surface area contributed by atoms with Crippen LogP contribution in [0, 0.1) is 6.92 Å². The van der Waals surface area contributed by atoms with Crippen LogP contribution in [0.5, 0.6) is 5.75 Å². The van der Waals surface area contributed by atoms with Gasteiger partial charge in [0.25, 0.3) is 0 Å². The van der Waals surface area contributed by atoms with Crippen molar-refractivity contribution in [2.75, 3.05) is 0 Å². The Bertz CT molecular complexity index is 360. The molecule has 1 saturated carbocycles. The van der Waals surface area contributed by atoms with Crippen molar-refractivity contribution in [2.45, 2.75) is 45.3 Å². The first-order valence-corrected chi connectivity index (χ1v) is 5.60. The molecule has 1 aliphatic carbocycles. The summed E-state index contributed by atoms with van der Waals surface area (Å²) >= 11 is 0. The van der Waals surface area contributed by atoms with E-state index in [-0.39, 0.29) is 6.10 Å². The van der Waals surface area contributed by atoms with Gasteiger partial charge in [-0.25, -0.2) is 0 Å². The minimum atomic E-state index is 0.234. The average molecular weight is 205 g/mol. The highest BCUT2D eigenvalue weighted by atomic mass is 16.5. The highest BCUT2D eigenvalue weighted by molar-refractivity contribution is 5.40. The first-order chi connectivity index (χ1) is 7.08. The Morgan fingerprint density at radius 3 is 2.53 bits per heavy atom. The summed E-state index contributed by atoms with van der Waals surface area (Å²) in [6.45, 7) is 6.18. The molecule has 0 spiro atoms. The van der Waals surface area contributed by atoms with E-state index in [4.69, 9.17) is 10.5 Å². The zero-order chi connectivity index (χ0) is 11.0. The molecule has 2 heteroatoms. The molecular weight excluding hydrogens is 186 g/mol. The van der Waals surface area contributed by atoms with Gasteiger partial charge < -0.3 is 10.5 Å². The van der Waals surface area contributed by atoms with Gasteiger partial charge in [-0.1, -0.05) is 12.1 Å². The lowest BCUT2D eigenvalue weighted by Gasteiger charge is -2.13. The molecule has 82 valence electrons. The fourth-order valence-corrected chi connectivity index (χ4v) is 1.89. The molecule has 0 saturated heterocycles. The van der Waals surface area contributed by atoms with Gasteiger partial charge in [0.15, 0.2) is 0 Å². The molecule has 0 amide bonds. The normalized spacial score (nSPS) is 24.3. The van der Waals surface area contributed by atoms with E-state index in [1.54, 1.807) is 0 Å². The smallest absolute Gasteiger partial charge is 0.122 e. The van der Waals surface area contributed by atoms with Crippen LogP contribution in [-0.4, -0.2) is 12.1 Å². The average Bonchev–Trinajstić information content (AvgIpc) is 2.86. The Kier molecular flexibility index (Phi) is 2.70. The molecule has 0 aromatic heterocycles. The van der Waals surface area contributed by atoms with E-state index in [0.29, 0.717) is 12.0 Å². The van der Waals surface area contributed by atoms with E-state index in [1.807, 2.05) is 13.8 Å². The van der Waals surface area contributed by atoms with Gasteiger partial charge in [-0.2, -0.15) is 0 Å². The van der Waals surface area contributed by atoms with E-state index in [2.05, 4.69) is 25.1 Å². The standard InChI is InChI=1S/C13H19NO/c1-8(2)15-13-5-4-10(6-9(13)3)11-7-12(11)14/h4-6,8,11-12H,7,14H2,1-3H3. The van der Waals surface area contributed by atoms with Crippen molar-refractivity contribution in [1.29, 1.82) is 0 Å². The number of hydrogen-bond donors (Lipinski definition) is 1. The maximum absolute atomic E-state index is 5.84. The molecule has 1 aliphatic rings. The van der Waals surface area contributed by atoms with Crippen LogP contribution in [0.25, 0.3) is 0 Å². The summed E-state index contributed by atoms with van der Waals surface area (Å²) in [5.41, 5.74) is 8.40. The van der Waals surface area contributed by atoms with Crippen molar-refractivity contribution in [1.82, 2.24) is 0 Å². The summed E-state index contributed by atoms with van der Waals surface area (Å²) in [5.74, 6) is 1.57. The Labute approximate surface area is 91.4 Å². The van der Waals surface area contributed by atoms with Gasteiger partial charge in [0.1, 0.15) is 5.75 Å². The molecule has 2 atom stereocenters. The quantitative estimate of drug-likeness (QED) is 0.823. The molecule has 0 heterocycles. The van der Waals surface area contributed by atoms with E-state index < -0.39 is 0 Å². The number of aryl methyl sites for hydroxylation is 1. The molecule has 1 aromatic rings. The molecule has 1 fully saturated rings. The van der Waals surface area contributed by atoms with Crippen LogP contribution in [0.2, 0.25) is 0 Å². The van der Waals surface area contributed by atoms with E-state index in [9.17, 15) is 0 Å². The predicted molar refractivity (Wildman–Crippen MR) is 62.3 cm³/mol. The van der Waals surface area contributed by atoms with Gasteiger partial charge in [-0.05, 0) is 44.4 Å². The summed E-state index contributed by atoms with van der Waals surface area (Å²) in [6, 6.07) is 6.79. The van der Waals surface area contributed by atoms with Crippen LogP contribution >= 0.6 is 0 Å². The maximum Gasteiger partial charge on any atom is 0.122 e. The lowest BCUT2D eigenvalue weighted by atomic mass is 10.1. The van der Waals surface area contributed by atoms with Crippen molar-refractivity contribution in [3.05, 3.63) is 29.3 Å². The van der Waals surface area contributed by atoms with Crippen LogP contribution in [0.15, 0.2) is 18.2 Å². The second-order valence-corrected chi connectivity index (χ2v) is 4.70. The molecule has 0 radical (unpaired) electrons. The monoisotopic (exact) mass is 205 g/mol. The minimum absolute atomic E-state index is 0.234. The summed E-state index contributed by atoms with van der Waals surface area (Å²) in [5, 5.41) is 0. The number of ether oxygens (including phenoxy) is 1. The van der Waals surface area contributed by atoms with Gasteiger partial charge in [-0.15, -0.1) is 0 Å². The first-order valence-electron chi connectivity index (χ1n) is 5.60. The molecular formula is C13H19NO. The molecule has 2 unspecified atom stereocenters. The van der Waals surface area contributed by atoms with Crippen molar-refractivity contribution < 1.29 is 4.74 Å². The third-order valence-electron chi connectivity index (χ3n) is 2.83. The molecule has 15 heavy (non-hydrogen) atoms. The Balaban J connectivity index is 2.16. The highest BCUT2D eigenvalue weighted by Crippen LogP contribution is 2.40. The Morgan fingerprint density at radius 1 is 1.40 bits per heavy atom. The van der Waals surface area contributed by atoms with E-state index >= 15 is 0 Å². The lowest BCUT2D eigenvalue weighted by Crippen LogP contribution is -2.07. The van der Waals surface area contributed by atoms with Gasteiger partial charge in [0.2, 0.25) is 0 Å². The lowest BCUT2D eigenvalue weighted by molar-refractivity contribution is 0.240. The third-order valence-corrected chi connectivity index (χ3v) is 2.83. The molecule has 0 aliphatic heterocycles. The Hall–Kier alpha value is -1.02. The number of benzene rings is 1. The molecule has 2 nitrogen and oxygen atoms in total. The van der Waals surface area contributed by atoms with Crippen LogP contribution < -0.4 is 10.5 Å². The summed E-state index contributed by atoms with van der Waals surface area (Å²) in [7, 11) is 0. The largest absolute Gasteiger partial charge is 0.491 e. The topological polar surface area (TPSA) is 35.2 Å². The summed E-state index contributed by atoms with van der Waals surface area (Å²) in [6.07, 6.45) is 1.36. The van der Waals surface area contributed by atoms with Crippen molar-refractivity contribution in [2.24, 2.45) is 5.73 Å². The van der Waals surface area contributed by atoms with Crippen LogP contribution in [-0.2, 0) is 0 Å². The SMILES string of the molecule is Cc1cc(C2CC2N)ccc1OC(C)C. The second-order valence-electron chi connectivity index (χ2n) is 4.70. The van der Waals surface area contributed by atoms with Crippen LogP contribution in [0.4, 0.5) is 0 Å². The predicted octanol–water partition coefficient (Wildman–Crippen LogP) is 2.60. The number of hydrogen-bond acceptors (Lipinski definition) is 2. The zero-order valence-corrected chi connectivity index (χ0v) is 9.66. The Morgan fingerprint density at radius 2 is 2.07 bits per heavy atom. The third kappa shape index (κ3) is 2.32. The number of nitrogens with two attached hydrogens (primary N) is 1.